The molecule has 0 aliphatic heterocycles. The van der Waals surface area contributed by atoms with Crippen LogP contribution in [0.5, 0.6) is 0 Å². The molecule has 0 amide bonds. The van der Waals surface area contributed by atoms with E-state index in [9.17, 15) is 0 Å². The molecule has 14 heavy (non-hydrogen) atoms. The number of carbonyl (C=O) groups excluding carboxylic acids is 1. The fraction of sp³-hybridized carbons (Fsp3) is 0.500. The van der Waals surface area contributed by atoms with Crippen molar-refractivity contribution in [3.05, 3.63) is 18.7 Å². The Kier molecular flexibility index (Phi) is 5.50. The lowest BCUT2D eigenvalue weighted by Gasteiger charge is -1.96. The van der Waals surface area contributed by atoms with Crippen molar-refractivity contribution >= 4 is 5.97 Å². The van der Waals surface area contributed by atoms with Gasteiger partial charge in [-0.3, -0.25) is 5.73 Å². The molecule has 0 saturated carbocycles. The van der Waals surface area contributed by atoms with Crippen molar-refractivity contribution in [2.45, 2.75) is 13.1 Å². The maximum atomic E-state index is 9.13. The summed E-state index contributed by atoms with van der Waals surface area (Å²) in [6.07, 6.45) is 5.94. The molecule has 1 aromatic heterocycles. The summed E-state index contributed by atoms with van der Waals surface area (Å²) in [4.78, 5) is 9.13. The third kappa shape index (κ3) is 5.28. The van der Waals surface area contributed by atoms with Crippen molar-refractivity contribution in [1.82, 2.24) is 4.57 Å². The van der Waals surface area contributed by atoms with Crippen LogP contribution in [0.15, 0.2) is 18.7 Å². The minimum Gasteiger partial charge on any atom is -0.549 e. The van der Waals surface area contributed by atoms with Crippen LogP contribution in [0.2, 0.25) is 0 Å². The highest BCUT2D eigenvalue weighted by Crippen LogP contribution is 1.91. The number of hydrogen-bond acceptors (Lipinski definition) is 4. The standard InChI is InChI=1S/C6H12N3.C2H5NO2/c1-6(7)9-4-3-8(2)5-9;3-1-2(4)5/h3-6H,7H2,1-2H3;1,3H2,(H,4,5)/q+1;/p-1. The highest BCUT2D eigenvalue weighted by Gasteiger charge is 2.02. The first kappa shape index (κ1) is 12.6. The first-order valence-electron chi connectivity index (χ1n) is 4.15. The highest BCUT2D eigenvalue weighted by atomic mass is 16.4. The number of carbonyl (C=O) groups is 1. The fourth-order valence-electron chi connectivity index (χ4n) is 0.710. The van der Waals surface area contributed by atoms with Crippen LogP contribution >= 0.6 is 0 Å². The molecular formula is C8H16N4O2. The molecule has 0 aliphatic rings. The largest absolute Gasteiger partial charge is 0.549 e. The zero-order valence-corrected chi connectivity index (χ0v) is 8.38. The minimum absolute atomic E-state index is 0.0752. The van der Waals surface area contributed by atoms with Gasteiger partial charge in [-0.2, -0.15) is 0 Å². The zero-order valence-electron chi connectivity index (χ0n) is 8.38. The van der Waals surface area contributed by atoms with Gasteiger partial charge in [0.2, 0.25) is 6.33 Å². The number of aromatic nitrogens is 2. The molecule has 0 spiro atoms. The van der Waals surface area contributed by atoms with Crippen molar-refractivity contribution in [1.29, 1.82) is 0 Å². The molecular weight excluding hydrogens is 184 g/mol. The third-order valence-electron chi connectivity index (χ3n) is 1.43. The quantitative estimate of drug-likeness (QED) is 0.515. The molecule has 1 unspecified atom stereocenters. The number of aliphatic carboxylic acids is 1. The molecule has 6 heteroatoms. The lowest BCUT2D eigenvalue weighted by molar-refractivity contribution is -0.671. The van der Waals surface area contributed by atoms with Gasteiger partial charge in [0.1, 0.15) is 18.6 Å². The van der Waals surface area contributed by atoms with E-state index in [-0.39, 0.29) is 12.7 Å². The number of carboxylic acid groups (broad SMARTS) is 1. The smallest absolute Gasteiger partial charge is 0.244 e. The van der Waals surface area contributed by atoms with Crippen LogP contribution in [0.25, 0.3) is 0 Å². The molecule has 0 aliphatic carbocycles. The number of nitrogens with zero attached hydrogens (tertiary/aromatic N) is 2. The number of aryl methyl sites for hydroxylation is 1. The summed E-state index contributed by atoms with van der Waals surface area (Å²) in [5, 5.41) is 9.13. The molecule has 1 aromatic rings. The van der Waals surface area contributed by atoms with Gasteiger partial charge in [-0.05, 0) is 6.92 Å². The van der Waals surface area contributed by atoms with E-state index in [4.69, 9.17) is 15.6 Å². The van der Waals surface area contributed by atoms with E-state index in [1.165, 1.54) is 0 Å². The number of rotatable bonds is 2. The molecule has 0 bridgehead atoms. The summed E-state index contributed by atoms with van der Waals surface area (Å²) in [5.41, 5.74) is 10.1. The first-order valence-corrected chi connectivity index (χ1v) is 4.15. The summed E-state index contributed by atoms with van der Waals surface area (Å²) in [6, 6.07) is 0. The fourth-order valence-corrected chi connectivity index (χ4v) is 0.710. The van der Waals surface area contributed by atoms with E-state index in [0.29, 0.717) is 0 Å². The van der Waals surface area contributed by atoms with Gasteiger partial charge in [-0.15, -0.1) is 0 Å². The van der Waals surface area contributed by atoms with E-state index in [2.05, 4.69) is 5.73 Å². The Morgan fingerprint density at radius 2 is 2.21 bits per heavy atom. The average Bonchev–Trinajstić information content (AvgIpc) is 2.53. The summed E-state index contributed by atoms with van der Waals surface area (Å²) in [5.74, 6) is -1.22. The number of carboxylic acids is 1. The molecule has 0 saturated heterocycles. The van der Waals surface area contributed by atoms with Crippen LogP contribution in [0.1, 0.15) is 13.1 Å². The Morgan fingerprint density at radius 1 is 1.71 bits per heavy atom. The second-order valence-electron chi connectivity index (χ2n) is 2.84. The summed E-state index contributed by atoms with van der Waals surface area (Å²) >= 11 is 0. The molecule has 80 valence electrons. The Balaban J connectivity index is 0.000000292. The molecule has 0 aromatic carbocycles. The maximum absolute atomic E-state index is 9.13. The van der Waals surface area contributed by atoms with E-state index >= 15 is 0 Å². The highest BCUT2D eigenvalue weighted by molar-refractivity contribution is 5.66. The van der Waals surface area contributed by atoms with E-state index < -0.39 is 5.97 Å². The van der Waals surface area contributed by atoms with Gasteiger partial charge in [0.15, 0.2) is 0 Å². The molecule has 1 rings (SSSR count). The van der Waals surface area contributed by atoms with E-state index in [1.807, 2.05) is 41.8 Å². The van der Waals surface area contributed by atoms with Gasteiger partial charge in [-0.25, -0.2) is 9.13 Å². The van der Waals surface area contributed by atoms with Gasteiger partial charge < -0.3 is 15.6 Å². The number of imidazole rings is 1. The Labute approximate surface area is 82.7 Å². The van der Waals surface area contributed by atoms with Crippen molar-refractivity contribution in [2.24, 2.45) is 18.5 Å². The Hall–Kier alpha value is -1.40. The third-order valence-corrected chi connectivity index (χ3v) is 1.43. The van der Waals surface area contributed by atoms with Crippen molar-refractivity contribution in [3.8, 4) is 0 Å². The summed E-state index contributed by atoms with van der Waals surface area (Å²) < 4.78 is 3.91. The molecule has 0 fully saturated rings. The Morgan fingerprint density at radius 3 is 2.36 bits per heavy atom. The van der Waals surface area contributed by atoms with Gasteiger partial charge in [0, 0.05) is 6.54 Å². The molecule has 6 nitrogen and oxygen atoms in total. The number of hydrogen-bond donors (Lipinski definition) is 2. The second-order valence-corrected chi connectivity index (χ2v) is 2.84. The normalized spacial score (nSPS) is 11.4. The first-order chi connectivity index (χ1) is 6.47. The van der Waals surface area contributed by atoms with Crippen LogP contribution in [0.4, 0.5) is 0 Å². The monoisotopic (exact) mass is 200 g/mol. The molecule has 1 atom stereocenters. The summed E-state index contributed by atoms with van der Waals surface area (Å²) in [7, 11) is 1.97. The maximum Gasteiger partial charge on any atom is 0.244 e. The molecule has 1 heterocycles. The molecule has 4 N–H and O–H groups in total. The SMILES string of the molecule is CC(N)n1cc[n+](C)c1.NCC(=O)[O-]. The zero-order chi connectivity index (χ0) is 11.1. The van der Waals surface area contributed by atoms with Gasteiger partial charge in [0.25, 0.3) is 0 Å². The van der Waals surface area contributed by atoms with Gasteiger partial charge in [-0.1, -0.05) is 0 Å². The predicted molar refractivity (Wildman–Crippen MR) is 48.6 cm³/mol. The van der Waals surface area contributed by atoms with Gasteiger partial charge in [0.05, 0.1) is 13.0 Å². The summed E-state index contributed by atoms with van der Waals surface area (Å²) in [6.45, 7) is 1.56. The lowest BCUT2D eigenvalue weighted by Crippen LogP contribution is -2.30. The van der Waals surface area contributed by atoms with E-state index in [0.717, 1.165) is 0 Å². The van der Waals surface area contributed by atoms with Crippen LogP contribution in [0.3, 0.4) is 0 Å². The van der Waals surface area contributed by atoms with Crippen LogP contribution in [-0.2, 0) is 11.8 Å². The van der Waals surface area contributed by atoms with Crippen LogP contribution < -0.4 is 21.1 Å². The average molecular weight is 200 g/mol. The Bertz CT molecular complexity index is 283. The van der Waals surface area contributed by atoms with Gasteiger partial charge >= 0.3 is 0 Å². The molecule has 0 radical (unpaired) electrons. The predicted octanol–water partition coefficient (Wildman–Crippen LogP) is -2.52. The van der Waals surface area contributed by atoms with Crippen molar-refractivity contribution < 1.29 is 14.5 Å². The minimum atomic E-state index is -1.22. The lowest BCUT2D eigenvalue weighted by atomic mass is 10.6. The van der Waals surface area contributed by atoms with Crippen molar-refractivity contribution in [3.63, 3.8) is 0 Å². The second kappa shape index (κ2) is 6.11. The van der Waals surface area contributed by atoms with E-state index in [1.54, 1.807) is 0 Å². The van der Waals surface area contributed by atoms with Crippen molar-refractivity contribution in [2.75, 3.05) is 6.54 Å². The van der Waals surface area contributed by atoms with Crippen LogP contribution in [-0.4, -0.2) is 17.1 Å². The van der Waals surface area contributed by atoms with Crippen LogP contribution in [0, 0.1) is 0 Å². The number of nitrogens with two attached hydrogens (primary N) is 2. The topological polar surface area (TPSA) is 101 Å².